The first-order valence-corrected chi connectivity index (χ1v) is 10.4. The van der Waals surface area contributed by atoms with Gasteiger partial charge in [0.1, 0.15) is 0 Å². The second-order valence-electron chi connectivity index (χ2n) is 8.23. The van der Waals surface area contributed by atoms with Crippen LogP contribution in [0.15, 0.2) is 40.9 Å². The molecule has 2 aliphatic rings. The number of hydrogen-bond donors (Lipinski definition) is 0. The van der Waals surface area contributed by atoms with Gasteiger partial charge in [0, 0.05) is 36.7 Å². The highest BCUT2D eigenvalue weighted by Gasteiger charge is 2.46. The maximum absolute atomic E-state index is 14.3. The van der Waals surface area contributed by atoms with Crippen LogP contribution in [0.1, 0.15) is 58.4 Å². The van der Waals surface area contributed by atoms with Gasteiger partial charge in [-0.2, -0.15) is 8.78 Å². The molecule has 5 rings (SSSR count). The molecule has 11 heteroatoms. The lowest BCUT2D eigenvalue weighted by Gasteiger charge is -2.43. The molecule has 7 nitrogen and oxygen atoms in total. The average Bonchev–Trinajstić information content (AvgIpc) is 3.39. The van der Waals surface area contributed by atoms with E-state index >= 15 is 0 Å². The number of pyridine rings is 1. The van der Waals surface area contributed by atoms with E-state index in [0.29, 0.717) is 22.4 Å². The molecular formula is C22H19F4N5O2. The van der Waals surface area contributed by atoms with Crippen LogP contribution >= 0.6 is 0 Å². The quantitative estimate of drug-likeness (QED) is 0.524. The Morgan fingerprint density at radius 2 is 2.00 bits per heavy atom. The van der Waals surface area contributed by atoms with Gasteiger partial charge in [0.15, 0.2) is 0 Å². The summed E-state index contributed by atoms with van der Waals surface area (Å²) in [4.78, 5) is 17.6. The van der Waals surface area contributed by atoms with E-state index in [4.69, 9.17) is 4.42 Å². The number of rotatable bonds is 4. The second-order valence-corrected chi connectivity index (χ2v) is 8.23. The average molecular weight is 461 g/mol. The number of carbonyl (C=O) groups excluding carboxylic acids is 1. The number of nitrogens with zero attached hydrogens (tertiary/aromatic N) is 5. The van der Waals surface area contributed by atoms with Crippen LogP contribution in [-0.4, -0.2) is 43.6 Å². The predicted molar refractivity (Wildman–Crippen MR) is 107 cm³/mol. The van der Waals surface area contributed by atoms with E-state index in [9.17, 15) is 22.4 Å². The van der Waals surface area contributed by atoms with Gasteiger partial charge in [0.25, 0.3) is 17.7 Å². The number of hydrazine groups is 1. The number of piperidine rings is 1. The molecule has 1 fully saturated rings. The fraction of sp³-hybridized carbons (Fsp3) is 0.364. The van der Waals surface area contributed by atoms with Crippen LogP contribution in [0.3, 0.4) is 0 Å². The minimum atomic E-state index is -2.90. The second kappa shape index (κ2) is 7.91. The van der Waals surface area contributed by atoms with Crippen molar-refractivity contribution in [1.29, 1.82) is 0 Å². The van der Waals surface area contributed by atoms with Crippen molar-refractivity contribution in [2.75, 3.05) is 6.54 Å². The third kappa shape index (κ3) is 3.97. The molecule has 1 amide bonds. The van der Waals surface area contributed by atoms with Gasteiger partial charge in [0.2, 0.25) is 5.89 Å². The lowest BCUT2D eigenvalue weighted by molar-refractivity contribution is -0.137. The Morgan fingerprint density at radius 3 is 2.70 bits per heavy atom. The Morgan fingerprint density at radius 1 is 1.18 bits per heavy atom. The number of carbonyl (C=O) groups is 1. The fourth-order valence-electron chi connectivity index (χ4n) is 4.21. The summed E-state index contributed by atoms with van der Waals surface area (Å²) in [7, 11) is 0. The molecule has 0 radical (unpaired) electrons. The monoisotopic (exact) mass is 461 g/mol. The fourth-order valence-corrected chi connectivity index (χ4v) is 4.21. The van der Waals surface area contributed by atoms with Crippen molar-refractivity contribution < 1.29 is 26.8 Å². The number of amides is 1. The van der Waals surface area contributed by atoms with Gasteiger partial charge in [-0.3, -0.25) is 14.8 Å². The number of fused-ring (bicyclic) bond motifs is 1. The van der Waals surface area contributed by atoms with Crippen molar-refractivity contribution in [3.63, 3.8) is 0 Å². The summed E-state index contributed by atoms with van der Waals surface area (Å²) in [6, 6.07) is 7.51. The molecule has 1 unspecified atom stereocenters. The molecule has 0 saturated carbocycles. The van der Waals surface area contributed by atoms with Gasteiger partial charge in [-0.25, -0.2) is 13.8 Å². The van der Waals surface area contributed by atoms with Crippen molar-refractivity contribution in [2.45, 2.75) is 44.7 Å². The van der Waals surface area contributed by atoms with Crippen LogP contribution in [-0.2, 0) is 6.54 Å². The van der Waals surface area contributed by atoms with E-state index in [-0.39, 0.29) is 31.3 Å². The van der Waals surface area contributed by atoms with E-state index < -0.39 is 30.7 Å². The van der Waals surface area contributed by atoms with Gasteiger partial charge in [-0.05, 0) is 36.2 Å². The van der Waals surface area contributed by atoms with E-state index in [0.717, 1.165) is 5.56 Å². The highest BCUT2D eigenvalue weighted by atomic mass is 19.3. The molecule has 2 aromatic heterocycles. The van der Waals surface area contributed by atoms with Crippen molar-refractivity contribution in [1.82, 2.24) is 25.2 Å². The first-order chi connectivity index (χ1) is 15.7. The first-order valence-electron chi connectivity index (χ1n) is 10.4. The number of hydrogen-bond acceptors (Lipinski definition) is 6. The Hall–Kier alpha value is -3.34. The topological polar surface area (TPSA) is 75.4 Å². The zero-order valence-corrected chi connectivity index (χ0v) is 17.5. The zero-order chi connectivity index (χ0) is 23.3. The van der Waals surface area contributed by atoms with Crippen LogP contribution in [0.5, 0.6) is 0 Å². The van der Waals surface area contributed by atoms with Crippen LogP contribution in [0.4, 0.5) is 17.6 Å². The summed E-state index contributed by atoms with van der Waals surface area (Å²) in [5.41, 5.74) is 2.71. The van der Waals surface area contributed by atoms with E-state index in [1.54, 1.807) is 35.5 Å². The molecular weight excluding hydrogens is 442 g/mol. The Labute approximate surface area is 186 Å². The minimum absolute atomic E-state index is 0.0127. The molecule has 1 saturated heterocycles. The summed E-state index contributed by atoms with van der Waals surface area (Å²) in [5.74, 6) is -4.17. The third-order valence-corrected chi connectivity index (χ3v) is 5.91. The highest BCUT2D eigenvalue weighted by molar-refractivity contribution is 5.99. The van der Waals surface area contributed by atoms with Gasteiger partial charge in [0.05, 0.1) is 18.3 Å². The molecule has 0 bridgehead atoms. The molecule has 0 aliphatic carbocycles. The molecule has 172 valence electrons. The highest BCUT2D eigenvalue weighted by Crippen LogP contribution is 2.42. The SMILES string of the molecule is Cc1ccc(C2CC(F)(F)CCN2N2Cc3ccc(-c4nnc(C(F)F)o4)cc3C2=O)nc1. The largest absolute Gasteiger partial charge is 0.415 e. The number of alkyl halides is 4. The summed E-state index contributed by atoms with van der Waals surface area (Å²) >= 11 is 0. The lowest BCUT2D eigenvalue weighted by Crippen LogP contribution is -2.51. The molecule has 2 aliphatic heterocycles. The molecule has 4 heterocycles. The van der Waals surface area contributed by atoms with Crippen LogP contribution < -0.4 is 0 Å². The number of aromatic nitrogens is 3. The normalized spacial score (nSPS) is 20.5. The maximum atomic E-state index is 14.3. The van der Waals surface area contributed by atoms with Crippen molar-refractivity contribution in [2.24, 2.45) is 0 Å². The molecule has 3 aromatic rings. The van der Waals surface area contributed by atoms with Crippen molar-refractivity contribution in [3.8, 4) is 11.5 Å². The maximum Gasteiger partial charge on any atom is 0.314 e. The first kappa shape index (κ1) is 21.5. The van der Waals surface area contributed by atoms with Crippen molar-refractivity contribution >= 4 is 5.91 Å². The number of aryl methyl sites for hydroxylation is 1. The number of halogens is 4. The summed E-state index contributed by atoms with van der Waals surface area (Å²) in [6.07, 6.45) is -2.11. The summed E-state index contributed by atoms with van der Waals surface area (Å²) in [6.45, 7) is 2.05. The zero-order valence-electron chi connectivity index (χ0n) is 17.5. The smallest absolute Gasteiger partial charge is 0.314 e. The van der Waals surface area contributed by atoms with Crippen LogP contribution in [0.2, 0.25) is 0 Å². The van der Waals surface area contributed by atoms with E-state index in [1.807, 2.05) is 6.92 Å². The van der Waals surface area contributed by atoms with Gasteiger partial charge in [-0.15, -0.1) is 10.2 Å². The Bertz CT molecular complexity index is 1200. The summed E-state index contributed by atoms with van der Waals surface area (Å²) in [5, 5.41) is 10.0. The van der Waals surface area contributed by atoms with Gasteiger partial charge in [-0.1, -0.05) is 12.1 Å². The van der Waals surface area contributed by atoms with Gasteiger partial charge < -0.3 is 4.42 Å². The standard InChI is InChI=1S/C22H19F4N5O2/c1-12-2-5-16(27-10-12)17-9-22(25,26)6-7-30(17)31-11-14-4-3-13(8-15(14)21(31)32)19-28-29-20(33-19)18(23)24/h2-5,8,10,17-18H,6-7,9,11H2,1H3. The number of benzene rings is 1. The Kier molecular flexibility index (Phi) is 5.15. The lowest BCUT2D eigenvalue weighted by atomic mass is 9.96. The van der Waals surface area contributed by atoms with Crippen LogP contribution in [0, 0.1) is 6.92 Å². The third-order valence-electron chi connectivity index (χ3n) is 5.91. The van der Waals surface area contributed by atoms with Crippen LogP contribution in [0.25, 0.3) is 11.5 Å². The minimum Gasteiger partial charge on any atom is -0.415 e. The molecule has 0 N–H and O–H groups in total. The molecule has 1 atom stereocenters. The Balaban J connectivity index is 1.44. The van der Waals surface area contributed by atoms with E-state index in [1.165, 1.54) is 11.1 Å². The van der Waals surface area contributed by atoms with E-state index in [2.05, 4.69) is 15.2 Å². The van der Waals surface area contributed by atoms with Gasteiger partial charge >= 0.3 is 6.43 Å². The molecule has 0 spiro atoms. The predicted octanol–water partition coefficient (Wildman–Crippen LogP) is 4.72. The summed E-state index contributed by atoms with van der Waals surface area (Å²) < 4.78 is 59.1. The molecule has 33 heavy (non-hydrogen) atoms. The van der Waals surface area contributed by atoms with Crippen molar-refractivity contribution in [3.05, 3.63) is 64.8 Å². The molecule has 1 aromatic carbocycles.